The van der Waals surface area contributed by atoms with Gasteiger partial charge < -0.3 is 14.1 Å². The first-order chi connectivity index (χ1) is 11.9. The molecule has 0 atom stereocenters. The molecule has 0 saturated heterocycles. The van der Waals surface area contributed by atoms with Crippen molar-refractivity contribution in [3.05, 3.63) is 59.6 Å². The van der Waals surface area contributed by atoms with Crippen molar-refractivity contribution < 1.29 is 27.1 Å². The van der Waals surface area contributed by atoms with Crippen LogP contribution in [0.4, 0.5) is 13.2 Å². The molecule has 1 aliphatic heterocycles. The largest absolute Gasteiger partial charge is 0.493 e. The second-order valence-corrected chi connectivity index (χ2v) is 5.69. The lowest BCUT2D eigenvalue weighted by Crippen LogP contribution is -2.37. The van der Waals surface area contributed by atoms with Crippen molar-refractivity contribution >= 4 is 12.0 Å². The number of ether oxygens (including phenoxy) is 1. The Hall–Kier alpha value is -2.70. The van der Waals surface area contributed by atoms with Crippen LogP contribution in [0.2, 0.25) is 0 Å². The number of halogens is 3. The van der Waals surface area contributed by atoms with Crippen LogP contribution >= 0.6 is 0 Å². The predicted molar refractivity (Wildman–Crippen MR) is 84.9 cm³/mol. The van der Waals surface area contributed by atoms with Crippen molar-refractivity contribution in [2.45, 2.75) is 19.1 Å². The SMILES string of the molecule is O=C(/C=C/c1ccc2c(c1)CCO2)N(Cc1ccco1)CC(F)(F)F. The Kier molecular flexibility index (Phi) is 4.83. The summed E-state index contributed by atoms with van der Waals surface area (Å²) in [6.07, 6.45) is 0.303. The van der Waals surface area contributed by atoms with Gasteiger partial charge in [0.05, 0.1) is 19.4 Å². The van der Waals surface area contributed by atoms with Crippen LogP contribution in [0.5, 0.6) is 5.75 Å². The summed E-state index contributed by atoms with van der Waals surface area (Å²) in [6.45, 7) is -0.966. The fraction of sp³-hybridized carbons (Fsp3) is 0.278. The zero-order valence-corrected chi connectivity index (χ0v) is 13.3. The highest BCUT2D eigenvalue weighted by Crippen LogP contribution is 2.26. The normalized spacial score (nSPS) is 13.7. The Labute approximate surface area is 142 Å². The number of furan rings is 1. The Balaban J connectivity index is 1.72. The van der Waals surface area contributed by atoms with Gasteiger partial charge in [0.2, 0.25) is 5.91 Å². The van der Waals surface area contributed by atoms with Gasteiger partial charge in [-0.05, 0) is 41.5 Å². The maximum absolute atomic E-state index is 12.7. The van der Waals surface area contributed by atoms with E-state index in [2.05, 4.69) is 0 Å². The van der Waals surface area contributed by atoms with Gasteiger partial charge in [-0.25, -0.2) is 0 Å². The Morgan fingerprint density at radius 1 is 1.28 bits per heavy atom. The summed E-state index contributed by atoms with van der Waals surface area (Å²) in [4.78, 5) is 12.9. The quantitative estimate of drug-likeness (QED) is 0.769. The summed E-state index contributed by atoms with van der Waals surface area (Å²) in [5.41, 5.74) is 1.76. The minimum absolute atomic E-state index is 0.242. The first-order valence-corrected chi connectivity index (χ1v) is 7.72. The van der Waals surface area contributed by atoms with Crippen molar-refractivity contribution in [1.29, 1.82) is 0 Å². The van der Waals surface area contributed by atoms with Crippen molar-refractivity contribution in [3.63, 3.8) is 0 Å². The molecule has 0 radical (unpaired) electrons. The molecular weight excluding hydrogens is 335 g/mol. The summed E-state index contributed by atoms with van der Waals surface area (Å²) < 4.78 is 48.7. The number of amides is 1. The molecule has 2 heterocycles. The van der Waals surface area contributed by atoms with Gasteiger partial charge >= 0.3 is 6.18 Å². The summed E-state index contributed by atoms with van der Waals surface area (Å²) in [6, 6.07) is 8.51. The van der Waals surface area contributed by atoms with Gasteiger partial charge in [-0.2, -0.15) is 13.2 Å². The first kappa shape index (κ1) is 17.1. The molecule has 4 nitrogen and oxygen atoms in total. The van der Waals surface area contributed by atoms with E-state index < -0.39 is 18.6 Å². The van der Waals surface area contributed by atoms with Crippen LogP contribution in [0.25, 0.3) is 6.08 Å². The Morgan fingerprint density at radius 3 is 2.84 bits per heavy atom. The van der Waals surface area contributed by atoms with Crippen LogP contribution in [-0.4, -0.2) is 30.1 Å². The lowest BCUT2D eigenvalue weighted by atomic mass is 10.1. The number of alkyl halides is 3. The third-order valence-electron chi connectivity index (χ3n) is 3.74. The molecule has 0 unspecified atom stereocenters. The monoisotopic (exact) mass is 351 g/mol. The predicted octanol–water partition coefficient (Wildman–Crippen LogP) is 3.82. The van der Waals surface area contributed by atoms with Gasteiger partial charge in [0.25, 0.3) is 0 Å². The van der Waals surface area contributed by atoms with Crippen LogP contribution in [-0.2, 0) is 17.8 Å². The number of nitrogens with zero attached hydrogens (tertiary/aromatic N) is 1. The molecule has 0 fully saturated rings. The van der Waals surface area contributed by atoms with Crippen LogP contribution in [0.1, 0.15) is 16.9 Å². The van der Waals surface area contributed by atoms with Gasteiger partial charge in [0.15, 0.2) is 0 Å². The Bertz CT molecular complexity index is 766. The summed E-state index contributed by atoms with van der Waals surface area (Å²) in [5, 5.41) is 0. The van der Waals surface area contributed by atoms with Crippen LogP contribution in [0, 0.1) is 0 Å². The minimum Gasteiger partial charge on any atom is -0.493 e. The van der Waals surface area contributed by atoms with E-state index in [-0.39, 0.29) is 6.54 Å². The topological polar surface area (TPSA) is 42.7 Å². The summed E-state index contributed by atoms with van der Waals surface area (Å²) in [7, 11) is 0. The molecule has 1 amide bonds. The highest BCUT2D eigenvalue weighted by molar-refractivity contribution is 5.91. The van der Waals surface area contributed by atoms with E-state index in [1.807, 2.05) is 6.07 Å². The lowest BCUT2D eigenvalue weighted by Gasteiger charge is -2.21. The molecule has 0 bridgehead atoms. The average Bonchev–Trinajstić information content (AvgIpc) is 3.21. The third-order valence-corrected chi connectivity index (χ3v) is 3.74. The van der Waals surface area contributed by atoms with E-state index in [1.165, 1.54) is 18.4 Å². The molecular formula is C18H16F3NO3. The lowest BCUT2D eigenvalue weighted by molar-refractivity contribution is -0.159. The molecule has 1 aromatic carbocycles. The molecule has 0 N–H and O–H groups in total. The Morgan fingerprint density at radius 2 is 2.12 bits per heavy atom. The highest BCUT2D eigenvalue weighted by Gasteiger charge is 2.32. The van der Waals surface area contributed by atoms with Crippen molar-refractivity contribution in [2.24, 2.45) is 0 Å². The minimum atomic E-state index is -4.49. The molecule has 2 aromatic rings. The summed E-state index contributed by atoms with van der Waals surface area (Å²) in [5.74, 6) is 0.367. The van der Waals surface area contributed by atoms with Crippen LogP contribution in [0.3, 0.4) is 0 Å². The average molecular weight is 351 g/mol. The smallest absolute Gasteiger partial charge is 0.406 e. The number of hydrogen-bond donors (Lipinski definition) is 0. The van der Waals surface area contributed by atoms with Gasteiger partial charge in [-0.1, -0.05) is 6.07 Å². The maximum Gasteiger partial charge on any atom is 0.406 e. The molecule has 0 spiro atoms. The zero-order valence-electron chi connectivity index (χ0n) is 13.3. The van der Waals surface area contributed by atoms with Crippen molar-refractivity contribution in [3.8, 4) is 5.75 Å². The standard InChI is InChI=1S/C18H16F3NO3/c19-18(20,21)12-22(11-15-2-1-8-24-15)17(23)6-4-13-3-5-16-14(10-13)7-9-25-16/h1-6,8,10H,7,9,11-12H2/b6-4+. The molecule has 3 rings (SSSR count). The number of hydrogen-bond acceptors (Lipinski definition) is 3. The van der Waals surface area contributed by atoms with Gasteiger partial charge in [0.1, 0.15) is 18.1 Å². The van der Waals surface area contributed by atoms with Crippen LogP contribution < -0.4 is 4.74 Å². The molecule has 7 heteroatoms. The molecule has 132 valence electrons. The van der Waals surface area contributed by atoms with E-state index in [0.29, 0.717) is 17.3 Å². The molecule has 25 heavy (non-hydrogen) atoms. The molecule has 0 aliphatic carbocycles. The third kappa shape index (κ3) is 4.65. The zero-order chi connectivity index (χ0) is 17.9. The van der Waals surface area contributed by atoms with E-state index in [0.717, 1.165) is 29.4 Å². The molecule has 1 aliphatic rings. The number of carbonyl (C=O) groups is 1. The number of carbonyl (C=O) groups excluding carboxylic acids is 1. The van der Waals surface area contributed by atoms with E-state index >= 15 is 0 Å². The molecule has 1 aromatic heterocycles. The van der Waals surface area contributed by atoms with E-state index in [4.69, 9.17) is 9.15 Å². The number of benzene rings is 1. The van der Waals surface area contributed by atoms with Crippen molar-refractivity contribution in [2.75, 3.05) is 13.2 Å². The fourth-order valence-electron chi connectivity index (χ4n) is 2.60. The fourth-order valence-corrected chi connectivity index (χ4v) is 2.60. The highest BCUT2D eigenvalue weighted by atomic mass is 19.4. The van der Waals surface area contributed by atoms with E-state index in [1.54, 1.807) is 18.2 Å². The van der Waals surface area contributed by atoms with E-state index in [9.17, 15) is 18.0 Å². The maximum atomic E-state index is 12.7. The number of fused-ring (bicyclic) bond motifs is 1. The van der Waals surface area contributed by atoms with Gasteiger partial charge in [-0.15, -0.1) is 0 Å². The van der Waals surface area contributed by atoms with Crippen LogP contribution in [0.15, 0.2) is 47.1 Å². The number of rotatable bonds is 5. The van der Waals surface area contributed by atoms with Crippen molar-refractivity contribution in [1.82, 2.24) is 4.90 Å². The van der Waals surface area contributed by atoms with Gasteiger partial charge in [-0.3, -0.25) is 4.79 Å². The second kappa shape index (κ2) is 7.04. The molecule has 0 saturated carbocycles. The second-order valence-electron chi connectivity index (χ2n) is 5.69. The van der Waals surface area contributed by atoms with Gasteiger partial charge in [0, 0.05) is 12.5 Å². The first-order valence-electron chi connectivity index (χ1n) is 7.72. The summed E-state index contributed by atoms with van der Waals surface area (Å²) >= 11 is 0.